The van der Waals surface area contributed by atoms with Gasteiger partial charge in [0.25, 0.3) is 0 Å². The number of halogens is 3. The van der Waals surface area contributed by atoms with E-state index < -0.39 is 30.2 Å². The van der Waals surface area contributed by atoms with Crippen molar-refractivity contribution in [3.63, 3.8) is 0 Å². The third kappa shape index (κ3) is 10.7. The number of rotatable bonds is 9. The van der Waals surface area contributed by atoms with Gasteiger partial charge in [-0.3, -0.25) is 19.1 Å². The molecular weight excluding hydrogens is 494 g/mol. The molecule has 0 aromatic carbocycles. The van der Waals surface area contributed by atoms with Crippen LogP contribution >= 0.6 is 0 Å². The molecule has 12 heteroatoms. The zero-order valence-electron chi connectivity index (χ0n) is 21.5. The number of ketones is 1. The summed E-state index contributed by atoms with van der Waals surface area (Å²) in [6, 6.07) is -1.34. The van der Waals surface area contributed by atoms with E-state index in [0.717, 1.165) is 33.0 Å². The van der Waals surface area contributed by atoms with Crippen molar-refractivity contribution in [2.24, 2.45) is 16.7 Å². The predicted molar refractivity (Wildman–Crippen MR) is 119 cm³/mol. The van der Waals surface area contributed by atoms with Crippen molar-refractivity contribution in [3.05, 3.63) is 5.21 Å². The van der Waals surface area contributed by atoms with Gasteiger partial charge in [0, 0.05) is 31.5 Å². The van der Waals surface area contributed by atoms with Gasteiger partial charge >= 0.3 is 57.7 Å². The topological polar surface area (TPSA) is 102 Å². The Labute approximate surface area is 248 Å². The first-order chi connectivity index (χ1) is 15.7. The quantitative estimate of drug-likeness (QED) is 0.338. The zero-order valence-corrected chi connectivity index (χ0v) is 24.6. The van der Waals surface area contributed by atoms with Gasteiger partial charge in [-0.1, -0.05) is 20.8 Å². The number of Topliss-reactive ketones (excluding diaryl/α,β-unsaturated/α-hetero) is 1. The van der Waals surface area contributed by atoms with Gasteiger partial charge in [-0.05, 0) is 56.9 Å². The second-order valence-corrected chi connectivity index (χ2v) is 10.5. The van der Waals surface area contributed by atoms with Crippen molar-refractivity contribution >= 4 is 17.6 Å². The van der Waals surface area contributed by atoms with E-state index in [2.05, 4.69) is 28.8 Å². The SMILES string of the molecule is CC(C)CCC(=O)N1CCC2(CC2)C1.CN([O-])[C@@H](C[C@]1(C)CCNC1=O)C(=O)COC(F)(F)F.[K+]. The minimum Gasteiger partial charge on any atom is -0.785 e. The minimum absolute atomic E-state index is 0. The Hall–Kier alpha value is -0.0836. The fourth-order valence-corrected chi connectivity index (χ4v) is 4.40. The fourth-order valence-electron chi connectivity index (χ4n) is 4.40. The number of likely N-dealkylation sites (tertiary alicyclic amines) is 1. The number of nitrogens with zero attached hydrogens (tertiary/aromatic N) is 2. The number of carbonyl (C=O) groups excluding carboxylic acids is 3. The largest absolute Gasteiger partial charge is 1.00 e. The summed E-state index contributed by atoms with van der Waals surface area (Å²) in [6.45, 7) is 7.19. The van der Waals surface area contributed by atoms with Crippen LogP contribution in [0.3, 0.4) is 0 Å². The van der Waals surface area contributed by atoms with Crippen LogP contribution in [0.25, 0.3) is 0 Å². The number of alkyl halides is 3. The maximum Gasteiger partial charge on any atom is 1.00 e. The van der Waals surface area contributed by atoms with E-state index in [1.54, 1.807) is 6.92 Å². The Bertz CT molecular complexity index is 746. The summed E-state index contributed by atoms with van der Waals surface area (Å²) >= 11 is 0. The average Bonchev–Trinajstić information content (AvgIpc) is 3.22. The molecule has 3 fully saturated rings. The maximum atomic E-state index is 11.9. The molecule has 0 bridgehead atoms. The molecule has 0 aromatic heterocycles. The Morgan fingerprint density at radius 2 is 1.86 bits per heavy atom. The summed E-state index contributed by atoms with van der Waals surface area (Å²) in [6.07, 6.45) is 1.14. The fraction of sp³-hybridized carbons (Fsp3) is 0.870. The second kappa shape index (κ2) is 13.6. The average molecular weight is 532 g/mol. The maximum absolute atomic E-state index is 11.9. The van der Waals surface area contributed by atoms with Gasteiger partial charge in [0.1, 0.15) is 6.61 Å². The van der Waals surface area contributed by atoms with Crippen LogP contribution in [0.5, 0.6) is 0 Å². The van der Waals surface area contributed by atoms with Crippen molar-refractivity contribution in [2.75, 3.05) is 33.3 Å². The number of ether oxygens (including phenoxy) is 1. The normalized spacial score (nSPS) is 23.6. The summed E-state index contributed by atoms with van der Waals surface area (Å²) < 4.78 is 39.1. The molecule has 35 heavy (non-hydrogen) atoms. The van der Waals surface area contributed by atoms with Crippen LogP contribution in [0.1, 0.15) is 65.7 Å². The van der Waals surface area contributed by atoms with Crippen molar-refractivity contribution in [2.45, 2.75) is 78.1 Å². The van der Waals surface area contributed by atoms with Gasteiger partial charge < -0.3 is 20.5 Å². The van der Waals surface area contributed by atoms with Crippen LogP contribution in [0.15, 0.2) is 0 Å². The third-order valence-electron chi connectivity index (χ3n) is 7.03. The van der Waals surface area contributed by atoms with E-state index in [0.29, 0.717) is 30.2 Å². The summed E-state index contributed by atoms with van der Waals surface area (Å²) in [4.78, 5) is 37.2. The van der Waals surface area contributed by atoms with Crippen LogP contribution in [0.4, 0.5) is 13.2 Å². The van der Waals surface area contributed by atoms with Crippen LogP contribution < -0.4 is 56.7 Å². The first-order valence-corrected chi connectivity index (χ1v) is 11.9. The van der Waals surface area contributed by atoms with Gasteiger partial charge in [0.05, 0.1) is 6.04 Å². The van der Waals surface area contributed by atoms with Crippen molar-refractivity contribution in [1.29, 1.82) is 0 Å². The van der Waals surface area contributed by atoms with E-state index in [9.17, 15) is 32.8 Å². The van der Waals surface area contributed by atoms with E-state index in [1.807, 2.05) is 0 Å². The molecule has 1 saturated carbocycles. The molecule has 1 aliphatic carbocycles. The number of amides is 2. The third-order valence-corrected chi connectivity index (χ3v) is 7.03. The molecule has 2 atom stereocenters. The van der Waals surface area contributed by atoms with Gasteiger partial charge in [0.2, 0.25) is 11.8 Å². The molecule has 1 spiro atoms. The molecule has 1 N–H and O–H groups in total. The molecule has 196 valence electrons. The molecule has 2 amide bonds. The minimum atomic E-state index is -4.93. The molecular formula is C23H37F3KN3O5. The predicted octanol–water partition coefficient (Wildman–Crippen LogP) is 0.246. The van der Waals surface area contributed by atoms with Gasteiger partial charge in [-0.25, -0.2) is 0 Å². The van der Waals surface area contributed by atoms with Crippen molar-refractivity contribution < 1.29 is 83.7 Å². The van der Waals surface area contributed by atoms with Gasteiger partial charge in [-0.2, -0.15) is 0 Å². The molecule has 2 heterocycles. The number of hydrogen-bond acceptors (Lipinski definition) is 6. The molecule has 0 aromatic rings. The summed E-state index contributed by atoms with van der Waals surface area (Å²) in [5.41, 5.74) is -0.343. The number of carbonyl (C=O) groups is 3. The van der Waals surface area contributed by atoms with E-state index in [-0.39, 0.29) is 68.8 Å². The van der Waals surface area contributed by atoms with E-state index in [4.69, 9.17) is 0 Å². The number of hydroxylamine groups is 2. The number of hydrogen-bond donors (Lipinski definition) is 1. The number of nitrogens with one attached hydrogen (secondary N) is 1. The zero-order chi connectivity index (χ0) is 25.7. The Kier molecular flexibility index (Phi) is 12.8. The molecule has 3 rings (SSSR count). The number of likely N-dealkylation sites (N-methyl/N-ethyl adjacent to an activating group) is 1. The first kappa shape index (κ1) is 32.9. The molecule has 8 nitrogen and oxygen atoms in total. The molecule has 0 unspecified atom stereocenters. The molecule has 2 aliphatic heterocycles. The van der Waals surface area contributed by atoms with Crippen LogP contribution in [0, 0.1) is 22.0 Å². The summed E-state index contributed by atoms with van der Waals surface area (Å²) in [5, 5.41) is 14.2. The smallest absolute Gasteiger partial charge is 0.785 e. The van der Waals surface area contributed by atoms with Crippen molar-refractivity contribution in [3.8, 4) is 0 Å². The monoisotopic (exact) mass is 531 g/mol. The molecule has 2 saturated heterocycles. The molecule has 3 aliphatic rings. The second-order valence-electron chi connectivity index (χ2n) is 10.5. The van der Waals surface area contributed by atoms with Gasteiger partial charge in [-0.15, -0.1) is 13.2 Å². The van der Waals surface area contributed by atoms with Gasteiger partial charge in [0.15, 0.2) is 5.78 Å². The Morgan fingerprint density at radius 3 is 2.29 bits per heavy atom. The Balaban J connectivity index is 0.000000358. The van der Waals surface area contributed by atoms with E-state index >= 15 is 0 Å². The summed E-state index contributed by atoms with van der Waals surface area (Å²) in [5.74, 6) is -0.270. The van der Waals surface area contributed by atoms with Crippen LogP contribution in [0.2, 0.25) is 0 Å². The Morgan fingerprint density at radius 1 is 1.23 bits per heavy atom. The van der Waals surface area contributed by atoms with Crippen LogP contribution in [-0.2, 0) is 19.1 Å². The van der Waals surface area contributed by atoms with E-state index in [1.165, 1.54) is 19.3 Å². The first-order valence-electron chi connectivity index (χ1n) is 11.9. The van der Waals surface area contributed by atoms with Crippen LogP contribution in [-0.4, -0.2) is 73.3 Å². The molecule has 0 radical (unpaired) electrons. The summed E-state index contributed by atoms with van der Waals surface area (Å²) in [7, 11) is 1.03. The standard InChI is InChI=1S/C12H21NO.C11H16F3N2O4.K/c1-10(2)3-4-11(14)13-8-7-12(9-13)5-6-12;1-10(3-4-15-9(10)18)5-7(16(2)19)8(17)6-20-11(12,13)14;/h10H,3-9H2,1-2H3;7H,3-6H2,1-2H3,(H,15,18);/q;-1;+1/t;7-,10-;/m.0./s1. The van der Waals surface area contributed by atoms with Crippen molar-refractivity contribution in [1.82, 2.24) is 15.3 Å².